The molecule has 7 nitrogen and oxygen atoms in total. The average molecular weight is 331 g/mol. The number of piperidine rings is 1. The Bertz CT molecular complexity index is 689. The van der Waals surface area contributed by atoms with Gasteiger partial charge in [0.25, 0.3) is 0 Å². The average Bonchev–Trinajstić information content (AvgIpc) is 3.04. The molecule has 0 unspecified atom stereocenters. The van der Waals surface area contributed by atoms with Crippen molar-refractivity contribution in [3.63, 3.8) is 0 Å². The van der Waals surface area contributed by atoms with Crippen LogP contribution in [0.5, 0.6) is 0 Å². The number of aliphatic hydroxyl groups excluding tert-OH is 2. The van der Waals surface area contributed by atoms with E-state index in [0.29, 0.717) is 25.3 Å². The van der Waals surface area contributed by atoms with E-state index in [1.165, 1.54) is 6.33 Å². The summed E-state index contributed by atoms with van der Waals surface area (Å²) >= 11 is 0. The third-order valence-corrected chi connectivity index (χ3v) is 4.86. The molecule has 1 aliphatic heterocycles. The van der Waals surface area contributed by atoms with E-state index >= 15 is 0 Å². The third kappa shape index (κ3) is 3.14. The topological polar surface area (TPSA) is 87.3 Å². The molecule has 2 aromatic rings. The Balaban J connectivity index is 1.86. The lowest BCUT2D eigenvalue weighted by Crippen LogP contribution is -2.54. The maximum absolute atomic E-state index is 10.4. The molecule has 2 N–H and O–H groups in total. The van der Waals surface area contributed by atoms with Crippen LogP contribution in [0.4, 0.5) is 5.82 Å². The Morgan fingerprint density at radius 2 is 2.12 bits per heavy atom. The molecule has 3 rings (SSSR count). The summed E-state index contributed by atoms with van der Waals surface area (Å²) in [5.41, 5.74) is 0.582. The standard InChI is InChI=1S/C17H25N5O2/c1-3-5-17(11-23)10-21(6-4-14(17)24)15-7-16(19-12-18-15)22-9-13(2)8-20-22/h7-9,12,14,23-24H,3-6,10-11H2,1-2H3/t14-,17-/m0/s1. The van der Waals surface area contributed by atoms with Crippen molar-refractivity contribution < 1.29 is 10.2 Å². The molecule has 0 bridgehead atoms. The van der Waals surface area contributed by atoms with Gasteiger partial charge in [0.05, 0.1) is 18.9 Å². The summed E-state index contributed by atoms with van der Waals surface area (Å²) in [4.78, 5) is 10.8. The van der Waals surface area contributed by atoms with Crippen LogP contribution >= 0.6 is 0 Å². The highest BCUT2D eigenvalue weighted by atomic mass is 16.3. The van der Waals surface area contributed by atoms with E-state index in [9.17, 15) is 10.2 Å². The van der Waals surface area contributed by atoms with Gasteiger partial charge in [-0.2, -0.15) is 5.10 Å². The minimum atomic E-state index is -0.486. The van der Waals surface area contributed by atoms with Gasteiger partial charge < -0.3 is 15.1 Å². The molecule has 3 heterocycles. The van der Waals surface area contributed by atoms with E-state index in [-0.39, 0.29) is 6.61 Å². The molecular weight excluding hydrogens is 306 g/mol. The van der Waals surface area contributed by atoms with Crippen molar-refractivity contribution in [3.8, 4) is 5.82 Å². The second kappa shape index (κ2) is 6.86. The van der Waals surface area contributed by atoms with Crippen LogP contribution in [0, 0.1) is 12.3 Å². The fourth-order valence-corrected chi connectivity index (χ4v) is 3.50. The first-order valence-corrected chi connectivity index (χ1v) is 8.45. The first-order chi connectivity index (χ1) is 11.6. The summed E-state index contributed by atoms with van der Waals surface area (Å²) in [5, 5.41) is 24.6. The van der Waals surface area contributed by atoms with Gasteiger partial charge in [0.2, 0.25) is 0 Å². The SMILES string of the molecule is CCC[C@@]1(CO)CN(c2cc(-n3cc(C)cn3)ncn2)CC[C@@H]1O. The van der Waals surface area contributed by atoms with Gasteiger partial charge in [0.1, 0.15) is 12.1 Å². The number of nitrogens with zero attached hydrogens (tertiary/aromatic N) is 5. The molecule has 1 fully saturated rings. The van der Waals surface area contributed by atoms with Crippen LogP contribution in [0.1, 0.15) is 31.7 Å². The molecule has 24 heavy (non-hydrogen) atoms. The van der Waals surface area contributed by atoms with Gasteiger partial charge >= 0.3 is 0 Å². The number of hydrogen-bond acceptors (Lipinski definition) is 6. The van der Waals surface area contributed by atoms with E-state index in [4.69, 9.17) is 0 Å². The molecule has 7 heteroatoms. The normalized spacial score (nSPS) is 24.3. The molecule has 0 aromatic carbocycles. The molecule has 130 valence electrons. The highest BCUT2D eigenvalue weighted by Crippen LogP contribution is 2.36. The van der Waals surface area contributed by atoms with E-state index in [0.717, 1.165) is 24.2 Å². The first kappa shape index (κ1) is 16.9. The predicted octanol–water partition coefficient (Wildman–Crippen LogP) is 1.32. The number of rotatable bonds is 5. The highest BCUT2D eigenvalue weighted by molar-refractivity contribution is 5.44. The second-order valence-corrected chi connectivity index (χ2v) is 6.69. The van der Waals surface area contributed by atoms with E-state index in [1.807, 2.05) is 19.2 Å². The summed E-state index contributed by atoms with van der Waals surface area (Å²) in [6.07, 6.45) is 7.10. The molecule has 0 radical (unpaired) electrons. The lowest BCUT2D eigenvalue weighted by atomic mass is 9.74. The molecule has 0 aliphatic carbocycles. The first-order valence-electron chi connectivity index (χ1n) is 8.45. The largest absolute Gasteiger partial charge is 0.396 e. The van der Waals surface area contributed by atoms with Crippen molar-refractivity contribution in [1.82, 2.24) is 19.7 Å². The maximum atomic E-state index is 10.4. The van der Waals surface area contributed by atoms with Crippen LogP contribution in [0.25, 0.3) is 5.82 Å². The number of hydrogen-bond donors (Lipinski definition) is 2. The monoisotopic (exact) mass is 331 g/mol. The fourth-order valence-electron chi connectivity index (χ4n) is 3.50. The van der Waals surface area contributed by atoms with Gasteiger partial charge in [-0.05, 0) is 25.3 Å². The Morgan fingerprint density at radius 1 is 1.33 bits per heavy atom. The van der Waals surface area contributed by atoms with E-state index < -0.39 is 11.5 Å². The zero-order valence-electron chi connectivity index (χ0n) is 14.3. The van der Waals surface area contributed by atoms with Crippen LogP contribution in [-0.2, 0) is 0 Å². The zero-order valence-corrected chi connectivity index (χ0v) is 14.3. The van der Waals surface area contributed by atoms with E-state index in [2.05, 4.69) is 26.9 Å². The van der Waals surface area contributed by atoms with E-state index in [1.54, 1.807) is 10.9 Å². The van der Waals surface area contributed by atoms with Crippen LogP contribution in [0.2, 0.25) is 0 Å². The minimum absolute atomic E-state index is 0.0190. The summed E-state index contributed by atoms with van der Waals surface area (Å²) in [5.74, 6) is 1.51. The quantitative estimate of drug-likeness (QED) is 0.859. The van der Waals surface area contributed by atoms with Crippen LogP contribution in [-0.4, -0.2) is 55.8 Å². The van der Waals surface area contributed by atoms with Crippen LogP contribution < -0.4 is 4.90 Å². The van der Waals surface area contributed by atoms with Gasteiger partial charge in [0, 0.05) is 30.8 Å². The van der Waals surface area contributed by atoms with Gasteiger partial charge in [-0.15, -0.1) is 0 Å². The molecular formula is C17H25N5O2. The molecule has 0 spiro atoms. The van der Waals surface area contributed by atoms with Crippen LogP contribution in [0.15, 0.2) is 24.8 Å². The lowest BCUT2D eigenvalue weighted by Gasteiger charge is -2.45. The Hall–Kier alpha value is -1.99. The maximum Gasteiger partial charge on any atom is 0.158 e. The van der Waals surface area contributed by atoms with Gasteiger partial charge in [-0.3, -0.25) is 0 Å². The summed E-state index contributed by atoms with van der Waals surface area (Å²) in [7, 11) is 0. The predicted molar refractivity (Wildman–Crippen MR) is 91.2 cm³/mol. The summed E-state index contributed by atoms with van der Waals surface area (Å²) < 4.78 is 1.73. The van der Waals surface area contributed by atoms with Gasteiger partial charge in [-0.1, -0.05) is 13.3 Å². The van der Waals surface area contributed by atoms with Crippen molar-refractivity contribution in [2.45, 2.75) is 39.2 Å². The molecule has 1 aliphatic rings. The number of aromatic nitrogens is 4. The van der Waals surface area contributed by atoms with Crippen molar-refractivity contribution in [1.29, 1.82) is 0 Å². The number of aryl methyl sites for hydroxylation is 1. The molecule has 0 saturated carbocycles. The minimum Gasteiger partial charge on any atom is -0.396 e. The number of aliphatic hydroxyl groups is 2. The van der Waals surface area contributed by atoms with Gasteiger partial charge in [-0.25, -0.2) is 14.6 Å². The molecule has 2 atom stereocenters. The zero-order chi connectivity index (χ0) is 17.2. The van der Waals surface area contributed by atoms with Crippen molar-refractivity contribution in [2.75, 3.05) is 24.6 Å². The van der Waals surface area contributed by atoms with Crippen molar-refractivity contribution in [2.24, 2.45) is 5.41 Å². The Labute approximate surface area is 142 Å². The highest BCUT2D eigenvalue weighted by Gasteiger charge is 2.42. The molecule has 2 aromatic heterocycles. The van der Waals surface area contributed by atoms with Crippen molar-refractivity contribution in [3.05, 3.63) is 30.4 Å². The lowest BCUT2D eigenvalue weighted by molar-refractivity contribution is -0.0353. The number of anilines is 1. The Morgan fingerprint density at radius 3 is 2.79 bits per heavy atom. The summed E-state index contributed by atoms with van der Waals surface area (Å²) in [6.45, 7) is 5.34. The molecule has 1 saturated heterocycles. The second-order valence-electron chi connectivity index (χ2n) is 6.69. The van der Waals surface area contributed by atoms with Gasteiger partial charge in [0.15, 0.2) is 5.82 Å². The molecule has 0 amide bonds. The van der Waals surface area contributed by atoms with Crippen LogP contribution in [0.3, 0.4) is 0 Å². The third-order valence-electron chi connectivity index (χ3n) is 4.86. The smallest absolute Gasteiger partial charge is 0.158 e. The summed E-state index contributed by atoms with van der Waals surface area (Å²) in [6, 6.07) is 1.90. The fraction of sp³-hybridized carbons (Fsp3) is 0.588. The Kier molecular flexibility index (Phi) is 4.82. The van der Waals surface area contributed by atoms with Crippen molar-refractivity contribution >= 4 is 5.82 Å².